The van der Waals surface area contributed by atoms with E-state index < -0.39 is 0 Å². The molecular weight excluding hydrogens is 136 g/mol. The summed E-state index contributed by atoms with van der Waals surface area (Å²) in [6, 6.07) is 0. The summed E-state index contributed by atoms with van der Waals surface area (Å²) in [7, 11) is 0. The average molecular weight is 158 g/mol. The Bertz CT molecular complexity index is 66.9. The number of aliphatic hydroxyl groups is 1. The third-order valence-corrected chi connectivity index (χ3v) is 1.90. The van der Waals surface area contributed by atoms with E-state index in [4.69, 9.17) is 5.11 Å². The molecule has 0 rings (SSSR count). The molecule has 0 spiro atoms. The second-order valence-electron chi connectivity index (χ2n) is 3.88. The molecule has 0 saturated carbocycles. The van der Waals surface area contributed by atoms with Crippen LogP contribution in [0.1, 0.15) is 52.9 Å². The van der Waals surface area contributed by atoms with Gasteiger partial charge in [-0.2, -0.15) is 0 Å². The maximum absolute atomic E-state index is 8.96. The summed E-state index contributed by atoms with van der Waals surface area (Å²) in [6.45, 7) is 6.38. The Morgan fingerprint density at radius 3 is 1.91 bits per heavy atom. The minimum Gasteiger partial charge on any atom is -0.393 e. The molecule has 0 aromatic carbocycles. The molecule has 68 valence electrons. The molecule has 1 nitrogen and oxygen atoms in total. The van der Waals surface area contributed by atoms with Gasteiger partial charge in [0.05, 0.1) is 6.10 Å². The van der Waals surface area contributed by atoms with Crippen molar-refractivity contribution in [3.8, 4) is 0 Å². The Morgan fingerprint density at radius 1 is 0.909 bits per heavy atom. The molecule has 0 radical (unpaired) electrons. The summed E-state index contributed by atoms with van der Waals surface area (Å²) in [5.74, 6) is 0.835. The van der Waals surface area contributed by atoms with Crippen LogP contribution in [0.4, 0.5) is 0 Å². The van der Waals surface area contributed by atoms with E-state index in [9.17, 15) is 0 Å². The fourth-order valence-corrected chi connectivity index (χ4v) is 1.17. The van der Waals surface area contributed by atoms with Gasteiger partial charge in [0.2, 0.25) is 0 Å². The predicted molar refractivity (Wildman–Crippen MR) is 49.6 cm³/mol. The minimum absolute atomic E-state index is 0.103. The minimum atomic E-state index is -0.103. The molecule has 0 saturated heterocycles. The fourth-order valence-electron chi connectivity index (χ4n) is 1.17. The Labute approximate surface area is 70.8 Å². The predicted octanol–water partition coefficient (Wildman–Crippen LogP) is 2.97. The van der Waals surface area contributed by atoms with Gasteiger partial charge in [0, 0.05) is 0 Å². The van der Waals surface area contributed by atoms with Crippen LogP contribution in [0.15, 0.2) is 0 Å². The van der Waals surface area contributed by atoms with Gasteiger partial charge in [-0.15, -0.1) is 0 Å². The Morgan fingerprint density at radius 2 is 1.45 bits per heavy atom. The van der Waals surface area contributed by atoms with Crippen molar-refractivity contribution in [1.82, 2.24) is 0 Å². The quantitative estimate of drug-likeness (QED) is 0.589. The van der Waals surface area contributed by atoms with Gasteiger partial charge in [-0.1, -0.05) is 39.5 Å². The van der Waals surface area contributed by atoms with Crippen molar-refractivity contribution >= 4 is 0 Å². The first-order valence-corrected chi connectivity index (χ1v) is 4.81. The topological polar surface area (TPSA) is 20.2 Å². The first kappa shape index (κ1) is 11.0. The summed E-state index contributed by atoms with van der Waals surface area (Å²) in [6.07, 6.45) is 5.99. The fraction of sp³-hybridized carbons (Fsp3) is 1.00. The highest BCUT2D eigenvalue weighted by molar-refractivity contribution is 4.50. The highest BCUT2D eigenvalue weighted by Gasteiger charge is 1.96. The molecule has 0 aliphatic heterocycles. The SMILES string of the molecule is CC(C)CCCCC[C@H](C)O. The van der Waals surface area contributed by atoms with Crippen molar-refractivity contribution in [3.05, 3.63) is 0 Å². The number of unbranched alkanes of at least 4 members (excludes halogenated alkanes) is 2. The van der Waals surface area contributed by atoms with Crippen LogP contribution in [-0.4, -0.2) is 11.2 Å². The van der Waals surface area contributed by atoms with Gasteiger partial charge in [0.15, 0.2) is 0 Å². The lowest BCUT2D eigenvalue weighted by Crippen LogP contribution is -1.98. The van der Waals surface area contributed by atoms with Crippen molar-refractivity contribution in [2.24, 2.45) is 5.92 Å². The third kappa shape index (κ3) is 9.96. The summed E-state index contributed by atoms with van der Waals surface area (Å²) in [5.41, 5.74) is 0. The largest absolute Gasteiger partial charge is 0.393 e. The standard InChI is InChI=1S/C10H22O/c1-9(2)7-5-4-6-8-10(3)11/h9-11H,4-8H2,1-3H3/t10-/m0/s1. The van der Waals surface area contributed by atoms with E-state index in [2.05, 4.69) is 13.8 Å². The molecule has 0 unspecified atom stereocenters. The molecule has 0 heterocycles. The number of aliphatic hydroxyl groups excluding tert-OH is 1. The maximum atomic E-state index is 8.96. The van der Waals surface area contributed by atoms with Crippen LogP contribution in [0.25, 0.3) is 0 Å². The zero-order valence-corrected chi connectivity index (χ0v) is 8.14. The van der Waals surface area contributed by atoms with E-state index in [0.29, 0.717) is 0 Å². The zero-order chi connectivity index (χ0) is 8.69. The van der Waals surface area contributed by atoms with Crippen LogP contribution in [0, 0.1) is 5.92 Å². The summed E-state index contributed by atoms with van der Waals surface area (Å²) < 4.78 is 0. The molecule has 0 aromatic rings. The van der Waals surface area contributed by atoms with Gasteiger partial charge in [0.1, 0.15) is 0 Å². The number of hydrogen-bond acceptors (Lipinski definition) is 1. The lowest BCUT2D eigenvalue weighted by atomic mass is 10.0. The van der Waals surface area contributed by atoms with E-state index in [0.717, 1.165) is 12.3 Å². The van der Waals surface area contributed by atoms with Crippen LogP contribution in [0.5, 0.6) is 0 Å². The maximum Gasteiger partial charge on any atom is 0.0512 e. The summed E-state index contributed by atoms with van der Waals surface area (Å²) >= 11 is 0. The lowest BCUT2D eigenvalue weighted by Gasteiger charge is -2.05. The molecule has 0 aromatic heterocycles. The van der Waals surface area contributed by atoms with Gasteiger partial charge in [-0.3, -0.25) is 0 Å². The Hall–Kier alpha value is -0.0400. The van der Waals surface area contributed by atoms with Crippen LogP contribution < -0.4 is 0 Å². The Balaban J connectivity index is 2.91. The Kier molecular flexibility index (Phi) is 6.63. The highest BCUT2D eigenvalue weighted by Crippen LogP contribution is 2.10. The molecule has 1 atom stereocenters. The smallest absolute Gasteiger partial charge is 0.0512 e. The molecule has 1 heteroatoms. The van der Waals surface area contributed by atoms with E-state index in [1.807, 2.05) is 6.92 Å². The van der Waals surface area contributed by atoms with Gasteiger partial charge in [-0.25, -0.2) is 0 Å². The van der Waals surface area contributed by atoms with Crippen molar-refractivity contribution in [3.63, 3.8) is 0 Å². The third-order valence-electron chi connectivity index (χ3n) is 1.90. The van der Waals surface area contributed by atoms with Gasteiger partial charge in [0.25, 0.3) is 0 Å². The van der Waals surface area contributed by atoms with E-state index in [-0.39, 0.29) is 6.10 Å². The van der Waals surface area contributed by atoms with E-state index in [1.165, 1.54) is 25.7 Å². The van der Waals surface area contributed by atoms with Crippen molar-refractivity contribution in [1.29, 1.82) is 0 Å². The second-order valence-corrected chi connectivity index (χ2v) is 3.88. The van der Waals surface area contributed by atoms with Crippen molar-refractivity contribution < 1.29 is 5.11 Å². The first-order valence-electron chi connectivity index (χ1n) is 4.81. The molecule has 0 aliphatic carbocycles. The molecular formula is C10H22O. The van der Waals surface area contributed by atoms with Crippen LogP contribution in [0.2, 0.25) is 0 Å². The summed E-state index contributed by atoms with van der Waals surface area (Å²) in [5, 5.41) is 8.96. The average Bonchev–Trinajstić information content (AvgIpc) is 1.85. The zero-order valence-electron chi connectivity index (χ0n) is 8.14. The van der Waals surface area contributed by atoms with Crippen molar-refractivity contribution in [2.45, 2.75) is 59.0 Å². The number of hydrogen-bond donors (Lipinski definition) is 1. The first-order chi connectivity index (χ1) is 5.13. The van der Waals surface area contributed by atoms with Gasteiger partial charge >= 0.3 is 0 Å². The number of rotatable bonds is 6. The van der Waals surface area contributed by atoms with E-state index >= 15 is 0 Å². The molecule has 0 fully saturated rings. The van der Waals surface area contributed by atoms with Crippen molar-refractivity contribution in [2.75, 3.05) is 0 Å². The van der Waals surface area contributed by atoms with Crippen LogP contribution in [-0.2, 0) is 0 Å². The molecule has 0 bridgehead atoms. The highest BCUT2D eigenvalue weighted by atomic mass is 16.3. The second kappa shape index (κ2) is 6.66. The molecule has 0 amide bonds. The molecule has 11 heavy (non-hydrogen) atoms. The van der Waals surface area contributed by atoms with Crippen LogP contribution in [0.3, 0.4) is 0 Å². The molecule has 0 aliphatic rings. The lowest BCUT2D eigenvalue weighted by molar-refractivity contribution is 0.180. The van der Waals surface area contributed by atoms with E-state index in [1.54, 1.807) is 0 Å². The van der Waals surface area contributed by atoms with Gasteiger partial charge in [-0.05, 0) is 19.3 Å². The normalized spacial score (nSPS) is 13.9. The molecule has 1 N–H and O–H groups in total. The monoisotopic (exact) mass is 158 g/mol. The van der Waals surface area contributed by atoms with Gasteiger partial charge < -0.3 is 5.11 Å². The van der Waals surface area contributed by atoms with Crippen LogP contribution >= 0.6 is 0 Å². The summed E-state index contributed by atoms with van der Waals surface area (Å²) in [4.78, 5) is 0.